The second kappa shape index (κ2) is 7.04. The molecule has 0 aromatic carbocycles. The average Bonchev–Trinajstić information content (AvgIpc) is 2.83. The molecule has 2 fully saturated rings. The molecule has 0 bridgehead atoms. The molecule has 1 heterocycles. The van der Waals surface area contributed by atoms with Crippen LogP contribution < -0.4 is 5.32 Å². The molecule has 1 aliphatic heterocycles. The van der Waals surface area contributed by atoms with Crippen molar-refractivity contribution in [2.75, 3.05) is 25.4 Å². The van der Waals surface area contributed by atoms with Gasteiger partial charge in [0, 0.05) is 13.2 Å². The molecule has 0 aromatic heterocycles. The molecule has 1 saturated heterocycles. The highest BCUT2D eigenvalue weighted by atomic mass is 32.2. The van der Waals surface area contributed by atoms with Crippen molar-refractivity contribution in [2.45, 2.75) is 56.8 Å². The summed E-state index contributed by atoms with van der Waals surface area (Å²) >= 11 is 0. The van der Waals surface area contributed by atoms with Gasteiger partial charge in [-0.1, -0.05) is 19.3 Å². The van der Waals surface area contributed by atoms with Crippen LogP contribution in [0.15, 0.2) is 0 Å². The fraction of sp³-hybridized carbons (Fsp3) is 1.00. The first-order valence-corrected chi connectivity index (χ1v) is 9.35. The van der Waals surface area contributed by atoms with Crippen LogP contribution in [0.3, 0.4) is 0 Å². The maximum Gasteiger partial charge on any atom is 0.157 e. The Morgan fingerprint density at radius 1 is 1.16 bits per heavy atom. The van der Waals surface area contributed by atoms with Crippen LogP contribution in [0.1, 0.15) is 45.4 Å². The summed E-state index contributed by atoms with van der Waals surface area (Å²) in [6.45, 7) is 4.01. The molecule has 0 amide bonds. The van der Waals surface area contributed by atoms with E-state index in [9.17, 15) is 8.42 Å². The smallest absolute Gasteiger partial charge is 0.157 e. The Bertz CT molecular complexity index is 363. The number of sulfone groups is 1. The summed E-state index contributed by atoms with van der Waals surface area (Å²) in [7, 11) is -3.00. The van der Waals surface area contributed by atoms with Crippen LogP contribution in [0.5, 0.6) is 0 Å². The molecule has 5 heteroatoms. The predicted molar refractivity (Wildman–Crippen MR) is 77.1 cm³/mol. The van der Waals surface area contributed by atoms with Crippen LogP contribution in [0.4, 0.5) is 0 Å². The molecule has 0 aromatic rings. The van der Waals surface area contributed by atoms with Crippen molar-refractivity contribution < 1.29 is 13.2 Å². The lowest BCUT2D eigenvalue weighted by atomic mass is 9.89. The average molecular weight is 289 g/mol. The topological polar surface area (TPSA) is 55.4 Å². The highest BCUT2D eigenvalue weighted by molar-refractivity contribution is 7.92. The van der Waals surface area contributed by atoms with E-state index in [1.165, 1.54) is 32.1 Å². The minimum absolute atomic E-state index is 0.136. The van der Waals surface area contributed by atoms with E-state index < -0.39 is 9.84 Å². The van der Waals surface area contributed by atoms with Crippen LogP contribution in [0.25, 0.3) is 0 Å². The highest BCUT2D eigenvalue weighted by Gasteiger charge is 2.35. The first-order valence-electron chi connectivity index (χ1n) is 7.63. The maximum absolute atomic E-state index is 12.2. The van der Waals surface area contributed by atoms with Gasteiger partial charge in [-0.3, -0.25) is 0 Å². The Morgan fingerprint density at radius 2 is 1.89 bits per heavy atom. The van der Waals surface area contributed by atoms with E-state index >= 15 is 0 Å². The summed E-state index contributed by atoms with van der Waals surface area (Å²) in [5.41, 5.74) is 0. The number of ether oxygens (including phenoxy) is 1. The van der Waals surface area contributed by atoms with E-state index in [-0.39, 0.29) is 17.1 Å². The molecule has 19 heavy (non-hydrogen) atoms. The van der Waals surface area contributed by atoms with Crippen molar-refractivity contribution in [1.29, 1.82) is 0 Å². The monoisotopic (exact) mass is 289 g/mol. The Kier molecular flexibility index (Phi) is 5.66. The normalized spacial score (nSPS) is 29.7. The third-order valence-corrected chi connectivity index (χ3v) is 6.80. The molecule has 4 nitrogen and oxygen atoms in total. The second-order valence-corrected chi connectivity index (χ2v) is 8.32. The summed E-state index contributed by atoms with van der Waals surface area (Å²) < 4.78 is 29.7. The molecule has 112 valence electrons. The van der Waals surface area contributed by atoms with E-state index in [1.807, 2.05) is 6.92 Å². The summed E-state index contributed by atoms with van der Waals surface area (Å²) in [5.74, 6) is 1.00. The molecule has 2 aliphatic rings. The lowest BCUT2D eigenvalue weighted by Gasteiger charge is -2.22. The number of hydrogen-bond acceptors (Lipinski definition) is 4. The van der Waals surface area contributed by atoms with Crippen molar-refractivity contribution in [3.05, 3.63) is 0 Å². The molecule has 1 N–H and O–H groups in total. The van der Waals surface area contributed by atoms with E-state index in [0.29, 0.717) is 19.6 Å². The third-order valence-electron chi connectivity index (χ3n) is 4.49. The highest BCUT2D eigenvalue weighted by Crippen LogP contribution is 2.23. The summed E-state index contributed by atoms with van der Waals surface area (Å²) in [5, 5.41) is 3.04. The van der Waals surface area contributed by atoms with Gasteiger partial charge in [-0.05, 0) is 38.6 Å². The van der Waals surface area contributed by atoms with Gasteiger partial charge in [0.25, 0.3) is 0 Å². The standard InChI is InChI=1S/C14H27NO3S/c1-12-14(7-9-18-12)19(16,17)10-8-15-11-13-5-3-2-4-6-13/h12-15H,2-11H2,1H3. The number of hydrogen-bond donors (Lipinski definition) is 1. The van der Waals surface area contributed by atoms with Gasteiger partial charge in [0.15, 0.2) is 9.84 Å². The van der Waals surface area contributed by atoms with Crippen molar-refractivity contribution in [2.24, 2.45) is 5.92 Å². The lowest BCUT2D eigenvalue weighted by Crippen LogP contribution is -2.35. The van der Waals surface area contributed by atoms with Crippen LogP contribution in [0.2, 0.25) is 0 Å². The van der Waals surface area contributed by atoms with Crippen LogP contribution in [-0.4, -0.2) is 45.2 Å². The van der Waals surface area contributed by atoms with Crippen LogP contribution in [0, 0.1) is 5.92 Å². The fourth-order valence-electron chi connectivity index (χ4n) is 3.25. The molecular weight excluding hydrogens is 262 g/mol. The minimum Gasteiger partial charge on any atom is -0.377 e. The van der Waals surface area contributed by atoms with E-state index in [4.69, 9.17) is 4.74 Å². The molecule has 1 saturated carbocycles. The zero-order valence-corrected chi connectivity index (χ0v) is 12.8. The Hall–Kier alpha value is -0.130. The van der Waals surface area contributed by atoms with Crippen molar-refractivity contribution in [3.8, 4) is 0 Å². The summed E-state index contributed by atoms with van der Waals surface area (Å²) in [6.07, 6.45) is 7.16. The zero-order chi connectivity index (χ0) is 13.7. The van der Waals surface area contributed by atoms with Gasteiger partial charge in [0.05, 0.1) is 17.1 Å². The van der Waals surface area contributed by atoms with Gasteiger partial charge >= 0.3 is 0 Å². The van der Waals surface area contributed by atoms with Gasteiger partial charge in [0.2, 0.25) is 0 Å². The van der Waals surface area contributed by atoms with E-state index in [1.54, 1.807) is 0 Å². The molecule has 0 spiro atoms. The molecule has 1 aliphatic carbocycles. The van der Waals surface area contributed by atoms with Gasteiger partial charge in [0.1, 0.15) is 0 Å². The predicted octanol–water partition coefficient (Wildman–Crippen LogP) is 1.75. The van der Waals surface area contributed by atoms with Crippen molar-refractivity contribution in [1.82, 2.24) is 5.32 Å². The number of rotatable bonds is 6. The first kappa shape index (κ1) is 15.3. The maximum atomic E-state index is 12.2. The fourth-order valence-corrected chi connectivity index (χ4v) is 5.10. The zero-order valence-electron chi connectivity index (χ0n) is 11.9. The van der Waals surface area contributed by atoms with Crippen molar-refractivity contribution >= 4 is 9.84 Å². The van der Waals surface area contributed by atoms with Crippen LogP contribution in [-0.2, 0) is 14.6 Å². The molecule has 0 radical (unpaired) electrons. The summed E-state index contributed by atoms with van der Waals surface area (Å²) in [6, 6.07) is 0. The Labute approximate surface area is 117 Å². The van der Waals surface area contributed by atoms with Gasteiger partial charge in [-0.25, -0.2) is 8.42 Å². The quantitative estimate of drug-likeness (QED) is 0.757. The third kappa shape index (κ3) is 4.43. The second-order valence-electron chi connectivity index (χ2n) is 5.98. The van der Waals surface area contributed by atoms with Gasteiger partial charge < -0.3 is 10.1 Å². The van der Waals surface area contributed by atoms with Gasteiger partial charge in [-0.2, -0.15) is 0 Å². The van der Waals surface area contributed by atoms with Gasteiger partial charge in [-0.15, -0.1) is 0 Å². The summed E-state index contributed by atoms with van der Waals surface area (Å²) in [4.78, 5) is 0. The van der Waals surface area contributed by atoms with E-state index in [2.05, 4.69) is 5.32 Å². The molecule has 2 atom stereocenters. The molecular formula is C14H27NO3S. The van der Waals surface area contributed by atoms with Crippen LogP contribution >= 0.6 is 0 Å². The molecule has 2 unspecified atom stereocenters. The first-order chi connectivity index (χ1) is 9.09. The van der Waals surface area contributed by atoms with Crippen molar-refractivity contribution in [3.63, 3.8) is 0 Å². The van der Waals surface area contributed by atoms with E-state index in [0.717, 1.165) is 12.5 Å². The Morgan fingerprint density at radius 3 is 2.53 bits per heavy atom. The molecule has 2 rings (SSSR count). The lowest BCUT2D eigenvalue weighted by molar-refractivity contribution is 0.126. The Balaban J connectivity index is 1.66. The number of nitrogens with one attached hydrogen (secondary N) is 1. The SMILES string of the molecule is CC1OCCC1S(=O)(=O)CCNCC1CCCCC1. The minimum atomic E-state index is -3.00. The largest absolute Gasteiger partial charge is 0.377 e.